The van der Waals surface area contributed by atoms with Crippen LogP contribution in [0.25, 0.3) is 0 Å². The maximum atomic E-state index is 11.0. The number of urea groups is 1. The van der Waals surface area contributed by atoms with Crippen molar-refractivity contribution in [2.75, 3.05) is 18.1 Å². The molecule has 0 saturated carbocycles. The summed E-state index contributed by atoms with van der Waals surface area (Å²) >= 11 is 0. The summed E-state index contributed by atoms with van der Waals surface area (Å²) < 4.78 is 21.5. The number of carbonyl (C=O) groups excluding carboxylic acids is 1. The average Bonchev–Trinajstić information content (AvgIpc) is 1.99. The summed E-state index contributed by atoms with van der Waals surface area (Å²) in [6.45, 7) is 0.0284. The Morgan fingerprint density at radius 1 is 1.33 bits per heavy atom. The summed E-state index contributed by atoms with van der Waals surface area (Å²) in [5.74, 6) is -1.08. The van der Waals surface area contributed by atoms with E-state index >= 15 is 0 Å². The van der Waals surface area contributed by atoms with Crippen molar-refractivity contribution in [1.29, 1.82) is 0 Å². The van der Waals surface area contributed by atoms with Gasteiger partial charge in [-0.15, -0.1) is 0 Å². The Bertz CT molecular complexity index is 352. The lowest BCUT2D eigenvalue weighted by Crippen LogP contribution is -2.55. The fourth-order valence-electron chi connectivity index (χ4n) is 1.17. The minimum atomic E-state index is -2.95. The van der Waals surface area contributed by atoms with Gasteiger partial charge in [0.1, 0.15) is 0 Å². The number of carboxylic acids is 1. The van der Waals surface area contributed by atoms with Crippen LogP contribution in [0.4, 0.5) is 4.79 Å². The molecule has 7 nitrogen and oxygen atoms in total. The van der Waals surface area contributed by atoms with Gasteiger partial charge in [-0.25, -0.2) is 13.2 Å². The zero-order valence-corrected chi connectivity index (χ0v) is 8.71. The van der Waals surface area contributed by atoms with E-state index in [1.165, 1.54) is 0 Å². The number of aliphatic carboxylic acids is 1. The normalized spacial score (nSPS) is 18.9. The number of sulfone groups is 1. The fourth-order valence-corrected chi connectivity index (χ4v) is 2.46. The highest BCUT2D eigenvalue weighted by Gasteiger charge is 2.34. The molecule has 1 rings (SSSR count). The Labute approximate surface area is 86.8 Å². The molecule has 0 unspecified atom stereocenters. The highest BCUT2D eigenvalue weighted by Crippen LogP contribution is 2.09. The van der Waals surface area contributed by atoms with Crippen molar-refractivity contribution in [3.8, 4) is 0 Å². The van der Waals surface area contributed by atoms with Gasteiger partial charge in [-0.05, 0) is 0 Å². The van der Waals surface area contributed by atoms with E-state index in [-0.39, 0.29) is 30.5 Å². The number of rotatable bonds is 4. The molecule has 0 spiro atoms. The summed E-state index contributed by atoms with van der Waals surface area (Å²) in [5.41, 5.74) is 0. The van der Waals surface area contributed by atoms with Gasteiger partial charge in [0.05, 0.1) is 24.0 Å². The van der Waals surface area contributed by atoms with Crippen molar-refractivity contribution in [1.82, 2.24) is 10.6 Å². The first-order valence-electron chi connectivity index (χ1n) is 4.35. The van der Waals surface area contributed by atoms with Gasteiger partial charge in [0.25, 0.3) is 0 Å². The third-order valence-electron chi connectivity index (χ3n) is 1.87. The molecule has 0 aromatic heterocycles. The van der Waals surface area contributed by atoms with Crippen LogP contribution in [0.1, 0.15) is 6.42 Å². The Balaban J connectivity index is 2.12. The molecular formula is C7H12N2O5S. The van der Waals surface area contributed by atoms with Gasteiger partial charge in [0.2, 0.25) is 0 Å². The molecule has 0 aliphatic carbocycles. The summed E-state index contributed by atoms with van der Waals surface area (Å²) in [6, 6.07) is -0.879. The van der Waals surface area contributed by atoms with Crippen molar-refractivity contribution in [2.24, 2.45) is 0 Å². The SMILES string of the molecule is O=C(O)CCNC(=O)NC1CS(=O)(=O)C1. The Morgan fingerprint density at radius 2 is 1.93 bits per heavy atom. The van der Waals surface area contributed by atoms with E-state index in [1.807, 2.05) is 0 Å². The predicted octanol–water partition coefficient (Wildman–Crippen LogP) is -1.44. The zero-order chi connectivity index (χ0) is 11.5. The molecule has 1 aliphatic rings. The third-order valence-corrected chi connectivity index (χ3v) is 3.69. The molecule has 1 aliphatic heterocycles. The largest absolute Gasteiger partial charge is 0.481 e. The zero-order valence-electron chi connectivity index (χ0n) is 7.89. The number of carboxylic acid groups (broad SMARTS) is 1. The highest BCUT2D eigenvalue weighted by atomic mass is 32.2. The van der Waals surface area contributed by atoms with Gasteiger partial charge >= 0.3 is 12.0 Å². The second kappa shape index (κ2) is 4.47. The van der Waals surface area contributed by atoms with E-state index in [9.17, 15) is 18.0 Å². The maximum absolute atomic E-state index is 11.0. The molecule has 2 amide bonds. The van der Waals surface area contributed by atoms with Crippen molar-refractivity contribution >= 4 is 21.8 Å². The molecule has 86 valence electrons. The standard InChI is InChI=1S/C7H12N2O5S/c10-6(11)1-2-8-7(12)9-5-3-15(13,14)4-5/h5H,1-4H2,(H,10,11)(H2,8,9,12). The van der Waals surface area contributed by atoms with Crippen LogP contribution < -0.4 is 10.6 Å². The Morgan fingerprint density at radius 3 is 2.40 bits per heavy atom. The van der Waals surface area contributed by atoms with Crippen LogP contribution >= 0.6 is 0 Å². The lowest BCUT2D eigenvalue weighted by molar-refractivity contribution is -0.136. The number of amides is 2. The smallest absolute Gasteiger partial charge is 0.315 e. The molecule has 1 saturated heterocycles. The second-order valence-corrected chi connectivity index (χ2v) is 5.47. The van der Waals surface area contributed by atoms with Gasteiger partial charge in [0, 0.05) is 6.54 Å². The van der Waals surface area contributed by atoms with Gasteiger partial charge in [-0.1, -0.05) is 0 Å². The molecule has 0 aromatic rings. The minimum absolute atomic E-state index is 0.0284. The van der Waals surface area contributed by atoms with Gasteiger partial charge in [-0.3, -0.25) is 4.79 Å². The molecule has 15 heavy (non-hydrogen) atoms. The number of hydrogen-bond donors (Lipinski definition) is 3. The lowest BCUT2D eigenvalue weighted by Gasteiger charge is -2.26. The summed E-state index contributed by atoms with van der Waals surface area (Å²) in [6.07, 6.45) is -0.156. The Hall–Kier alpha value is -1.31. The van der Waals surface area contributed by atoms with Crippen LogP contribution in [0, 0.1) is 0 Å². The van der Waals surface area contributed by atoms with Crippen molar-refractivity contribution < 1.29 is 23.1 Å². The van der Waals surface area contributed by atoms with Crippen LogP contribution in [0.15, 0.2) is 0 Å². The molecule has 0 radical (unpaired) electrons. The van der Waals surface area contributed by atoms with Gasteiger partial charge in [0.15, 0.2) is 9.84 Å². The van der Waals surface area contributed by atoms with E-state index in [2.05, 4.69) is 10.6 Å². The third kappa shape index (κ3) is 4.15. The van der Waals surface area contributed by atoms with Crippen LogP contribution in [-0.2, 0) is 14.6 Å². The van der Waals surface area contributed by atoms with E-state index in [1.54, 1.807) is 0 Å². The summed E-state index contributed by atoms with van der Waals surface area (Å²) in [5, 5.41) is 13.0. The predicted molar refractivity (Wildman–Crippen MR) is 51.2 cm³/mol. The molecule has 1 fully saturated rings. The fraction of sp³-hybridized carbons (Fsp3) is 0.714. The first-order valence-corrected chi connectivity index (χ1v) is 6.18. The molecule has 0 atom stereocenters. The second-order valence-electron chi connectivity index (χ2n) is 3.32. The first-order chi connectivity index (χ1) is 6.89. The quantitative estimate of drug-likeness (QED) is 0.553. The summed E-state index contributed by atoms with van der Waals surface area (Å²) in [4.78, 5) is 21.1. The van der Waals surface area contributed by atoms with Crippen molar-refractivity contribution in [2.45, 2.75) is 12.5 Å². The number of hydrogen-bond acceptors (Lipinski definition) is 4. The highest BCUT2D eigenvalue weighted by molar-refractivity contribution is 7.92. The minimum Gasteiger partial charge on any atom is -0.481 e. The number of nitrogens with one attached hydrogen (secondary N) is 2. The van der Waals surface area contributed by atoms with E-state index in [0.717, 1.165) is 0 Å². The molecule has 0 aromatic carbocycles. The first kappa shape index (κ1) is 11.8. The van der Waals surface area contributed by atoms with E-state index in [4.69, 9.17) is 5.11 Å². The van der Waals surface area contributed by atoms with Gasteiger partial charge < -0.3 is 15.7 Å². The van der Waals surface area contributed by atoms with Crippen LogP contribution in [0.5, 0.6) is 0 Å². The van der Waals surface area contributed by atoms with Crippen LogP contribution in [-0.4, -0.2) is 49.6 Å². The monoisotopic (exact) mass is 236 g/mol. The molecule has 1 heterocycles. The van der Waals surface area contributed by atoms with Crippen LogP contribution in [0.2, 0.25) is 0 Å². The van der Waals surface area contributed by atoms with Crippen molar-refractivity contribution in [3.05, 3.63) is 0 Å². The average molecular weight is 236 g/mol. The molecular weight excluding hydrogens is 224 g/mol. The maximum Gasteiger partial charge on any atom is 0.315 e. The molecule has 3 N–H and O–H groups in total. The summed E-state index contributed by atoms with van der Waals surface area (Å²) in [7, 11) is -2.95. The van der Waals surface area contributed by atoms with E-state index in [0.29, 0.717) is 0 Å². The molecule has 0 bridgehead atoms. The topological polar surface area (TPSA) is 113 Å². The van der Waals surface area contributed by atoms with Crippen molar-refractivity contribution in [3.63, 3.8) is 0 Å². The van der Waals surface area contributed by atoms with E-state index < -0.39 is 21.8 Å². The number of carbonyl (C=O) groups is 2. The molecule has 8 heteroatoms. The Kier molecular flexibility index (Phi) is 3.51. The van der Waals surface area contributed by atoms with Crippen LogP contribution in [0.3, 0.4) is 0 Å². The lowest BCUT2D eigenvalue weighted by atomic mass is 10.4. The van der Waals surface area contributed by atoms with Gasteiger partial charge in [-0.2, -0.15) is 0 Å².